The van der Waals surface area contributed by atoms with Crippen molar-refractivity contribution >= 4 is 5.91 Å². The third kappa shape index (κ3) is 3.38. The summed E-state index contributed by atoms with van der Waals surface area (Å²) in [5, 5.41) is 6.42. The second-order valence-electron chi connectivity index (χ2n) is 5.39. The lowest BCUT2D eigenvalue weighted by atomic mass is 9.99. The smallest absolute Gasteiger partial charge is 0.227 e. The summed E-state index contributed by atoms with van der Waals surface area (Å²) in [5.41, 5.74) is 2.37. The lowest BCUT2D eigenvalue weighted by Crippen LogP contribution is -2.44. The molecule has 0 aliphatic carbocycles. The quantitative estimate of drug-likeness (QED) is 0.862. The molecule has 1 aromatic rings. The van der Waals surface area contributed by atoms with Gasteiger partial charge in [0.15, 0.2) is 0 Å². The van der Waals surface area contributed by atoms with E-state index in [9.17, 15) is 4.79 Å². The largest absolute Gasteiger partial charge is 0.379 e. The minimum Gasteiger partial charge on any atom is -0.379 e. The average molecular weight is 276 g/mol. The highest BCUT2D eigenvalue weighted by Crippen LogP contribution is 2.19. The van der Waals surface area contributed by atoms with Gasteiger partial charge in [0, 0.05) is 6.04 Å². The van der Waals surface area contributed by atoms with E-state index in [0.29, 0.717) is 13.2 Å². The van der Waals surface area contributed by atoms with Gasteiger partial charge in [-0.15, -0.1) is 0 Å². The van der Waals surface area contributed by atoms with Crippen molar-refractivity contribution in [3.63, 3.8) is 0 Å². The van der Waals surface area contributed by atoms with Gasteiger partial charge in [-0.1, -0.05) is 31.2 Å². The number of carbonyl (C=O) groups excluding carboxylic acids is 1. The monoisotopic (exact) mass is 276 g/mol. The van der Waals surface area contributed by atoms with E-state index in [1.54, 1.807) is 0 Å². The van der Waals surface area contributed by atoms with Crippen LogP contribution < -0.4 is 10.6 Å². The molecule has 3 atom stereocenters. The lowest BCUT2D eigenvalue weighted by molar-refractivity contribution is -0.126. The Bertz CT molecular complexity index is 462. The van der Waals surface area contributed by atoms with Crippen LogP contribution in [0.25, 0.3) is 0 Å². The Morgan fingerprint density at radius 3 is 2.85 bits per heavy atom. The molecule has 1 heterocycles. The number of hydrogen-bond acceptors (Lipinski definition) is 3. The van der Waals surface area contributed by atoms with Crippen LogP contribution in [0.3, 0.4) is 0 Å². The molecule has 0 radical (unpaired) electrons. The van der Waals surface area contributed by atoms with Crippen LogP contribution in [-0.2, 0) is 9.53 Å². The molecule has 2 N–H and O–H groups in total. The molecular formula is C16H24N2O2. The minimum absolute atomic E-state index is 0.0200. The fourth-order valence-electron chi connectivity index (χ4n) is 2.75. The van der Waals surface area contributed by atoms with Gasteiger partial charge in [-0.2, -0.15) is 0 Å². The maximum atomic E-state index is 12.4. The van der Waals surface area contributed by atoms with E-state index in [4.69, 9.17) is 4.74 Å². The highest BCUT2D eigenvalue weighted by Gasteiger charge is 2.34. The van der Waals surface area contributed by atoms with Gasteiger partial charge in [0.25, 0.3) is 0 Å². The number of rotatable bonds is 5. The van der Waals surface area contributed by atoms with Gasteiger partial charge in [-0.3, -0.25) is 4.79 Å². The lowest BCUT2D eigenvalue weighted by Gasteiger charge is -2.22. The van der Waals surface area contributed by atoms with E-state index in [0.717, 1.165) is 6.54 Å². The van der Waals surface area contributed by atoms with E-state index in [2.05, 4.69) is 29.7 Å². The molecule has 0 saturated carbocycles. The van der Waals surface area contributed by atoms with E-state index < -0.39 is 0 Å². The van der Waals surface area contributed by atoms with E-state index in [1.807, 2.05) is 26.0 Å². The Hall–Kier alpha value is -1.39. The van der Waals surface area contributed by atoms with E-state index in [-0.39, 0.29) is 23.9 Å². The van der Waals surface area contributed by atoms with Crippen molar-refractivity contribution in [1.29, 1.82) is 0 Å². The summed E-state index contributed by atoms with van der Waals surface area (Å²) < 4.78 is 5.43. The van der Waals surface area contributed by atoms with Crippen molar-refractivity contribution in [2.24, 2.45) is 5.92 Å². The predicted octanol–water partition coefficient (Wildman–Crippen LogP) is 1.80. The first kappa shape index (κ1) is 15.0. The molecule has 1 fully saturated rings. The zero-order valence-corrected chi connectivity index (χ0v) is 12.5. The third-order valence-corrected chi connectivity index (χ3v) is 3.90. The summed E-state index contributed by atoms with van der Waals surface area (Å²) in [6.07, 6.45) is 0. The van der Waals surface area contributed by atoms with Gasteiger partial charge in [0.05, 0.1) is 25.2 Å². The Morgan fingerprint density at radius 2 is 2.15 bits per heavy atom. The Kier molecular flexibility index (Phi) is 5.15. The van der Waals surface area contributed by atoms with Crippen LogP contribution in [0.4, 0.5) is 0 Å². The maximum absolute atomic E-state index is 12.4. The molecule has 1 saturated heterocycles. The summed E-state index contributed by atoms with van der Waals surface area (Å²) in [7, 11) is 0. The van der Waals surface area contributed by atoms with Gasteiger partial charge in [0.1, 0.15) is 0 Å². The fourth-order valence-corrected chi connectivity index (χ4v) is 2.75. The summed E-state index contributed by atoms with van der Waals surface area (Å²) in [5.74, 6) is -0.0226. The Labute approximate surface area is 120 Å². The molecule has 20 heavy (non-hydrogen) atoms. The van der Waals surface area contributed by atoms with Gasteiger partial charge in [-0.25, -0.2) is 0 Å². The molecular weight excluding hydrogens is 252 g/mol. The third-order valence-electron chi connectivity index (χ3n) is 3.90. The number of hydrogen-bond donors (Lipinski definition) is 2. The van der Waals surface area contributed by atoms with Crippen LogP contribution in [0.15, 0.2) is 24.3 Å². The van der Waals surface area contributed by atoms with Crippen LogP contribution in [0.1, 0.15) is 31.0 Å². The van der Waals surface area contributed by atoms with Crippen molar-refractivity contribution in [1.82, 2.24) is 10.6 Å². The molecule has 0 bridgehead atoms. The number of benzene rings is 1. The highest BCUT2D eigenvalue weighted by atomic mass is 16.5. The summed E-state index contributed by atoms with van der Waals surface area (Å²) in [6.45, 7) is 8.11. The summed E-state index contributed by atoms with van der Waals surface area (Å²) >= 11 is 0. The molecule has 2 unspecified atom stereocenters. The van der Waals surface area contributed by atoms with Crippen LogP contribution >= 0.6 is 0 Å². The first-order valence-electron chi connectivity index (χ1n) is 7.30. The molecule has 4 heteroatoms. The summed E-state index contributed by atoms with van der Waals surface area (Å²) in [6, 6.07) is 8.30. The molecule has 2 rings (SSSR count). The van der Waals surface area contributed by atoms with Gasteiger partial charge in [0.2, 0.25) is 5.91 Å². The second kappa shape index (κ2) is 6.86. The van der Waals surface area contributed by atoms with Crippen molar-refractivity contribution in [3.8, 4) is 0 Å². The van der Waals surface area contributed by atoms with Crippen molar-refractivity contribution in [2.75, 3.05) is 19.8 Å². The molecule has 4 nitrogen and oxygen atoms in total. The normalized spacial score (nSPS) is 23.6. The zero-order valence-electron chi connectivity index (χ0n) is 12.5. The van der Waals surface area contributed by atoms with Crippen molar-refractivity contribution in [3.05, 3.63) is 35.4 Å². The van der Waals surface area contributed by atoms with Crippen LogP contribution in [0, 0.1) is 12.8 Å². The summed E-state index contributed by atoms with van der Waals surface area (Å²) in [4.78, 5) is 12.4. The SMILES string of the molecule is CCNC1COCC1C(=O)N[C@H](C)c1ccccc1C. The first-order valence-corrected chi connectivity index (χ1v) is 7.30. The second-order valence-corrected chi connectivity index (χ2v) is 5.39. The first-order chi connectivity index (χ1) is 9.63. The fraction of sp³-hybridized carbons (Fsp3) is 0.562. The molecule has 1 amide bonds. The Morgan fingerprint density at radius 1 is 1.40 bits per heavy atom. The number of likely N-dealkylation sites (N-methyl/N-ethyl adjacent to an activating group) is 1. The number of nitrogens with one attached hydrogen (secondary N) is 2. The van der Waals surface area contributed by atoms with Gasteiger partial charge >= 0.3 is 0 Å². The Balaban J connectivity index is 1.99. The van der Waals surface area contributed by atoms with E-state index in [1.165, 1.54) is 11.1 Å². The van der Waals surface area contributed by atoms with Crippen LogP contribution in [0.5, 0.6) is 0 Å². The molecule has 1 aromatic carbocycles. The number of aryl methyl sites for hydroxylation is 1. The van der Waals surface area contributed by atoms with Gasteiger partial charge in [-0.05, 0) is 31.5 Å². The van der Waals surface area contributed by atoms with Crippen molar-refractivity contribution < 1.29 is 9.53 Å². The average Bonchev–Trinajstić information content (AvgIpc) is 2.88. The van der Waals surface area contributed by atoms with E-state index >= 15 is 0 Å². The standard InChI is InChI=1S/C16H24N2O2/c1-4-17-15-10-20-9-14(15)16(19)18-12(3)13-8-6-5-7-11(13)2/h5-8,12,14-15,17H,4,9-10H2,1-3H3,(H,18,19)/t12-,14?,15?/m1/s1. The molecule has 0 aromatic heterocycles. The predicted molar refractivity (Wildman–Crippen MR) is 79.5 cm³/mol. The topological polar surface area (TPSA) is 50.4 Å². The molecule has 110 valence electrons. The maximum Gasteiger partial charge on any atom is 0.227 e. The van der Waals surface area contributed by atoms with Crippen molar-refractivity contribution in [2.45, 2.75) is 32.9 Å². The molecule has 1 aliphatic rings. The molecule has 0 spiro atoms. The number of ether oxygens (including phenoxy) is 1. The minimum atomic E-state index is -0.0959. The van der Waals surface area contributed by atoms with Gasteiger partial charge < -0.3 is 15.4 Å². The van der Waals surface area contributed by atoms with Crippen LogP contribution in [0.2, 0.25) is 0 Å². The molecule has 1 aliphatic heterocycles. The van der Waals surface area contributed by atoms with Crippen LogP contribution in [-0.4, -0.2) is 31.7 Å². The number of amides is 1. The highest BCUT2D eigenvalue weighted by molar-refractivity contribution is 5.80. The number of carbonyl (C=O) groups is 1. The zero-order chi connectivity index (χ0) is 14.5.